The number of aliphatic hydroxyl groups excluding tert-OH is 2. The van der Waals surface area contributed by atoms with Crippen LogP contribution in [-0.2, 0) is 4.74 Å². The Morgan fingerprint density at radius 1 is 1.08 bits per heavy atom. The van der Waals surface area contributed by atoms with E-state index in [4.69, 9.17) is 16.3 Å². The molecule has 36 heavy (non-hydrogen) atoms. The Morgan fingerprint density at radius 3 is 2.56 bits per heavy atom. The molecule has 2 aromatic carbocycles. The van der Waals surface area contributed by atoms with Crippen LogP contribution in [0.15, 0.2) is 42.9 Å². The van der Waals surface area contributed by atoms with Crippen molar-refractivity contribution in [1.82, 2.24) is 29.8 Å². The van der Waals surface area contributed by atoms with Crippen molar-refractivity contribution >= 4 is 11.6 Å². The van der Waals surface area contributed by atoms with Crippen LogP contribution < -0.4 is 0 Å². The van der Waals surface area contributed by atoms with Crippen molar-refractivity contribution in [2.45, 2.75) is 30.8 Å². The van der Waals surface area contributed by atoms with Gasteiger partial charge in [-0.25, -0.2) is 31.9 Å². The fourth-order valence-electron chi connectivity index (χ4n) is 4.11. The van der Waals surface area contributed by atoms with Crippen LogP contribution in [0.25, 0.3) is 16.9 Å². The zero-order chi connectivity index (χ0) is 25.6. The van der Waals surface area contributed by atoms with Gasteiger partial charge in [-0.1, -0.05) is 16.8 Å². The maximum Gasteiger partial charge on any atom is 0.194 e. The Kier molecular flexibility index (Phi) is 6.47. The van der Waals surface area contributed by atoms with Gasteiger partial charge >= 0.3 is 0 Å². The quantitative estimate of drug-likeness (QED) is 0.305. The highest BCUT2D eigenvalue weighted by molar-refractivity contribution is 6.30. The van der Waals surface area contributed by atoms with Gasteiger partial charge in [-0.05, 0) is 30.3 Å². The third-order valence-electron chi connectivity index (χ3n) is 5.88. The molecule has 0 amide bonds. The summed E-state index contributed by atoms with van der Waals surface area (Å²) >= 11 is 6.01. The molecule has 1 aliphatic heterocycles. The van der Waals surface area contributed by atoms with Crippen LogP contribution in [0, 0.1) is 23.3 Å². The molecule has 188 valence electrons. The molecule has 14 heteroatoms. The molecule has 3 heterocycles. The number of hydrogen-bond donors (Lipinski definition) is 2. The molecule has 1 saturated heterocycles. The van der Waals surface area contributed by atoms with Crippen LogP contribution >= 0.6 is 11.6 Å². The predicted molar refractivity (Wildman–Crippen MR) is 116 cm³/mol. The minimum atomic E-state index is -1.61. The van der Waals surface area contributed by atoms with Gasteiger partial charge in [-0.15, -0.1) is 5.10 Å². The lowest BCUT2D eigenvalue weighted by atomic mass is 9.95. The number of benzene rings is 2. The fourth-order valence-corrected chi connectivity index (χ4v) is 4.28. The molecule has 1 aliphatic rings. The standard InChI is InChI=1S/C22H17ClF4N6O3/c23-11-1-2-12(24)16(5-11)33-22(28-9-29-33)18-6-17(21(35)19(8-34)36-18)32-7-15(30-31-32)10-3-13(25)20(27)14(26)4-10/h1-5,7,9,17-19,21,34-35H,6,8H2/t17-,18-,19-,21-/m1/s1. The van der Waals surface area contributed by atoms with Crippen molar-refractivity contribution in [3.8, 4) is 16.9 Å². The Labute approximate surface area is 205 Å². The van der Waals surface area contributed by atoms with Gasteiger partial charge in [0.1, 0.15) is 41.8 Å². The van der Waals surface area contributed by atoms with Gasteiger partial charge in [0.05, 0.1) is 18.8 Å². The second-order valence-electron chi connectivity index (χ2n) is 8.10. The Morgan fingerprint density at radius 2 is 1.83 bits per heavy atom. The number of rotatable bonds is 5. The van der Waals surface area contributed by atoms with Crippen LogP contribution in [0.5, 0.6) is 0 Å². The minimum Gasteiger partial charge on any atom is -0.394 e. The predicted octanol–water partition coefficient (Wildman–Crippen LogP) is 3.16. The molecular weight excluding hydrogens is 508 g/mol. The smallest absolute Gasteiger partial charge is 0.194 e. The summed E-state index contributed by atoms with van der Waals surface area (Å²) in [5.74, 6) is -4.83. The molecule has 0 aliphatic carbocycles. The molecule has 0 bridgehead atoms. The summed E-state index contributed by atoms with van der Waals surface area (Å²) in [6.07, 6.45) is -0.688. The van der Waals surface area contributed by atoms with Crippen LogP contribution in [0.3, 0.4) is 0 Å². The summed E-state index contributed by atoms with van der Waals surface area (Å²) in [7, 11) is 0. The lowest BCUT2D eigenvalue weighted by molar-refractivity contribution is -0.161. The van der Waals surface area contributed by atoms with Gasteiger partial charge in [0, 0.05) is 17.0 Å². The van der Waals surface area contributed by atoms with E-state index < -0.39 is 54.2 Å². The molecular formula is C22H17ClF4N6O3. The van der Waals surface area contributed by atoms with Gasteiger partial charge in [-0.3, -0.25) is 0 Å². The van der Waals surface area contributed by atoms with E-state index in [-0.39, 0.29) is 34.2 Å². The number of aliphatic hydroxyl groups is 2. The first-order valence-corrected chi connectivity index (χ1v) is 11.0. The van der Waals surface area contributed by atoms with E-state index in [9.17, 15) is 27.8 Å². The van der Waals surface area contributed by atoms with Gasteiger partial charge in [0.15, 0.2) is 23.3 Å². The van der Waals surface area contributed by atoms with E-state index in [0.29, 0.717) is 0 Å². The first-order chi connectivity index (χ1) is 17.3. The fraction of sp³-hybridized carbons (Fsp3) is 0.273. The molecule has 0 saturated carbocycles. The number of nitrogens with zero attached hydrogens (tertiary/aromatic N) is 6. The lowest BCUT2D eigenvalue weighted by Crippen LogP contribution is -2.45. The van der Waals surface area contributed by atoms with Crippen LogP contribution in [-0.4, -0.2) is 58.8 Å². The third kappa shape index (κ3) is 4.34. The number of hydrogen-bond acceptors (Lipinski definition) is 7. The largest absolute Gasteiger partial charge is 0.394 e. The second-order valence-corrected chi connectivity index (χ2v) is 8.54. The highest BCUT2D eigenvalue weighted by Gasteiger charge is 2.41. The Balaban J connectivity index is 1.48. The van der Waals surface area contributed by atoms with Crippen molar-refractivity contribution < 1.29 is 32.5 Å². The molecule has 0 unspecified atom stereocenters. The van der Waals surface area contributed by atoms with Gasteiger partial charge in [-0.2, -0.15) is 5.10 Å². The van der Waals surface area contributed by atoms with E-state index in [1.165, 1.54) is 40.1 Å². The van der Waals surface area contributed by atoms with Crippen molar-refractivity contribution in [2.75, 3.05) is 6.61 Å². The summed E-state index contributed by atoms with van der Waals surface area (Å²) < 4.78 is 63.5. The zero-order valence-corrected chi connectivity index (χ0v) is 18.9. The molecule has 0 radical (unpaired) electrons. The normalized spacial score (nSPS) is 22.2. The van der Waals surface area contributed by atoms with Crippen LogP contribution in [0.2, 0.25) is 5.02 Å². The van der Waals surface area contributed by atoms with Crippen molar-refractivity contribution in [3.63, 3.8) is 0 Å². The summed E-state index contributed by atoms with van der Waals surface area (Å²) in [6.45, 7) is -0.566. The molecule has 5 rings (SSSR count). The summed E-state index contributed by atoms with van der Waals surface area (Å²) in [4.78, 5) is 4.18. The van der Waals surface area contributed by atoms with Crippen LogP contribution in [0.4, 0.5) is 17.6 Å². The Hall–Kier alpha value is -3.39. The van der Waals surface area contributed by atoms with Crippen LogP contribution in [0.1, 0.15) is 24.4 Å². The van der Waals surface area contributed by atoms with Gasteiger partial charge in [0.2, 0.25) is 0 Å². The number of aromatic nitrogens is 6. The molecule has 4 aromatic rings. The molecule has 9 nitrogen and oxygen atoms in total. The zero-order valence-electron chi connectivity index (χ0n) is 18.1. The summed E-state index contributed by atoms with van der Waals surface area (Å²) in [6, 6.07) is 4.61. The van der Waals surface area contributed by atoms with E-state index in [2.05, 4.69) is 20.4 Å². The second kappa shape index (κ2) is 9.58. The van der Waals surface area contributed by atoms with E-state index >= 15 is 0 Å². The van der Waals surface area contributed by atoms with Gasteiger partial charge < -0.3 is 14.9 Å². The molecule has 4 atom stereocenters. The average molecular weight is 525 g/mol. The average Bonchev–Trinajstić information content (AvgIpc) is 3.54. The van der Waals surface area contributed by atoms with Crippen molar-refractivity contribution in [2.24, 2.45) is 0 Å². The monoisotopic (exact) mass is 524 g/mol. The molecule has 2 aromatic heterocycles. The summed E-state index contributed by atoms with van der Waals surface area (Å²) in [5, 5.41) is 32.8. The maximum absolute atomic E-state index is 14.5. The highest BCUT2D eigenvalue weighted by atomic mass is 35.5. The number of ether oxygens (including phenoxy) is 1. The van der Waals surface area contributed by atoms with Crippen molar-refractivity contribution in [1.29, 1.82) is 0 Å². The third-order valence-corrected chi connectivity index (χ3v) is 6.11. The maximum atomic E-state index is 14.5. The molecule has 0 spiro atoms. The van der Waals surface area contributed by atoms with E-state index in [1.54, 1.807) is 0 Å². The van der Waals surface area contributed by atoms with Crippen molar-refractivity contribution in [3.05, 3.63) is 77.0 Å². The summed E-state index contributed by atoms with van der Waals surface area (Å²) in [5.41, 5.74) is -0.0244. The first-order valence-electron chi connectivity index (χ1n) is 10.6. The SMILES string of the molecule is OC[C@H]1O[C@@H](c2ncnn2-c2cc(Cl)ccc2F)C[C@@H](n2cc(-c3cc(F)c(F)c(F)c3)nn2)[C@H]1O. The van der Waals surface area contributed by atoms with Gasteiger partial charge in [0.25, 0.3) is 0 Å². The van der Waals surface area contributed by atoms with E-state index in [0.717, 1.165) is 12.1 Å². The van der Waals surface area contributed by atoms with E-state index in [1.807, 2.05) is 0 Å². The lowest BCUT2D eigenvalue weighted by Gasteiger charge is -2.38. The minimum absolute atomic E-state index is 0.0187. The molecule has 2 N–H and O–H groups in total. The highest BCUT2D eigenvalue weighted by Crippen LogP contribution is 2.38. The first kappa shape index (κ1) is 24.3. The number of halogens is 5. The topological polar surface area (TPSA) is 111 Å². The molecule has 1 fully saturated rings. The Bertz CT molecular complexity index is 1390.